The van der Waals surface area contributed by atoms with Crippen molar-refractivity contribution in [2.45, 2.75) is 70.0 Å². The van der Waals surface area contributed by atoms with Gasteiger partial charge < -0.3 is 28.5 Å². The van der Waals surface area contributed by atoms with E-state index < -0.39 is 30.1 Å². The van der Waals surface area contributed by atoms with Crippen molar-refractivity contribution in [2.24, 2.45) is 0 Å². The van der Waals surface area contributed by atoms with Crippen LogP contribution in [0.4, 0.5) is 0 Å². The highest BCUT2D eigenvalue weighted by molar-refractivity contribution is 6.31. The Kier molecular flexibility index (Phi) is 4.14. The maximum absolute atomic E-state index is 6.15. The van der Waals surface area contributed by atoms with Gasteiger partial charge in [0.25, 0.3) is 6.29 Å². The highest BCUT2D eigenvalue weighted by Gasteiger charge is 2.60. The average Bonchev–Trinajstić information content (AvgIpc) is 3.32. The maximum Gasteiger partial charge on any atom is 0.256 e. The first-order valence-electron chi connectivity index (χ1n) is 9.22. The molecule has 1 aromatic carbocycles. The van der Waals surface area contributed by atoms with Crippen LogP contribution in [0.1, 0.15) is 27.7 Å². The van der Waals surface area contributed by atoms with Gasteiger partial charge in [-0.1, -0.05) is 16.4 Å². The number of fused-ring (bicyclic) bond motifs is 2. The molecule has 0 amide bonds. The molecule has 0 unspecified atom stereocenters. The molecule has 10 heteroatoms. The summed E-state index contributed by atoms with van der Waals surface area (Å²) in [5, 5.41) is 8.70. The molecule has 28 heavy (non-hydrogen) atoms. The third-order valence-corrected chi connectivity index (χ3v) is 5.26. The lowest BCUT2D eigenvalue weighted by Gasteiger charge is -2.26. The molecule has 0 saturated carbocycles. The SMILES string of the molecule is CC1(C)O[C@H]2[C@H](O1)[C@H](On1nnc3ccc(Cl)cc31)O[C@@H]2[C@@H]1COC(C)(C)O1. The summed E-state index contributed by atoms with van der Waals surface area (Å²) in [4.78, 5) is 7.29. The predicted octanol–water partition coefficient (Wildman–Crippen LogP) is 1.91. The van der Waals surface area contributed by atoms with E-state index in [2.05, 4.69) is 10.3 Å². The van der Waals surface area contributed by atoms with E-state index in [1.54, 1.807) is 18.2 Å². The van der Waals surface area contributed by atoms with Crippen molar-refractivity contribution in [3.05, 3.63) is 23.2 Å². The molecule has 5 atom stereocenters. The van der Waals surface area contributed by atoms with Crippen LogP contribution >= 0.6 is 11.6 Å². The van der Waals surface area contributed by atoms with Gasteiger partial charge in [-0.15, -0.1) is 5.10 Å². The van der Waals surface area contributed by atoms with Crippen LogP contribution in [0.3, 0.4) is 0 Å². The molecule has 2 aromatic rings. The van der Waals surface area contributed by atoms with Gasteiger partial charge in [0.15, 0.2) is 17.7 Å². The second-order valence-corrected chi connectivity index (χ2v) is 8.54. The van der Waals surface area contributed by atoms with Crippen LogP contribution in [0.25, 0.3) is 11.0 Å². The van der Waals surface area contributed by atoms with Crippen molar-refractivity contribution in [1.29, 1.82) is 0 Å². The van der Waals surface area contributed by atoms with E-state index in [-0.39, 0.29) is 12.2 Å². The molecule has 4 heterocycles. The van der Waals surface area contributed by atoms with Crippen molar-refractivity contribution < 1.29 is 28.5 Å². The van der Waals surface area contributed by atoms with Gasteiger partial charge in [-0.25, -0.2) is 0 Å². The molecule has 9 nitrogen and oxygen atoms in total. The molecule has 0 radical (unpaired) electrons. The van der Waals surface area contributed by atoms with Crippen LogP contribution in [0.2, 0.25) is 5.02 Å². The first-order valence-corrected chi connectivity index (χ1v) is 9.60. The van der Waals surface area contributed by atoms with Crippen LogP contribution in [0, 0.1) is 0 Å². The summed E-state index contributed by atoms with van der Waals surface area (Å²) in [5.74, 6) is -1.43. The smallest absolute Gasteiger partial charge is 0.256 e. The van der Waals surface area contributed by atoms with Gasteiger partial charge in [-0.05, 0) is 51.1 Å². The summed E-state index contributed by atoms with van der Waals surface area (Å²) in [7, 11) is 0. The zero-order valence-electron chi connectivity index (χ0n) is 16.0. The second kappa shape index (κ2) is 6.25. The molecule has 3 fully saturated rings. The Labute approximate surface area is 166 Å². The van der Waals surface area contributed by atoms with Gasteiger partial charge in [-0.2, -0.15) is 0 Å². The molecular weight excluding hydrogens is 390 g/mol. The average molecular weight is 412 g/mol. The van der Waals surface area contributed by atoms with Gasteiger partial charge >= 0.3 is 0 Å². The number of benzene rings is 1. The van der Waals surface area contributed by atoms with Crippen molar-refractivity contribution in [3.8, 4) is 0 Å². The van der Waals surface area contributed by atoms with E-state index in [9.17, 15) is 0 Å². The molecule has 3 aliphatic rings. The monoisotopic (exact) mass is 411 g/mol. The standard InChI is InChI=1S/C18H22ClN3O6/c1-17(2)23-8-12(25-17)13-14-15(27-18(3,4)26-14)16(24-13)28-22-11-7-9(19)5-6-10(11)20-21-22/h5-7,12-16H,8H2,1-4H3/t12-,13+,14+,15-,16-/m0/s1. The largest absolute Gasteiger partial charge is 0.360 e. The Morgan fingerprint density at radius 3 is 2.61 bits per heavy atom. The molecule has 3 saturated heterocycles. The number of hydrogen-bond acceptors (Lipinski definition) is 8. The number of halogens is 1. The fraction of sp³-hybridized carbons (Fsp3) is 0.667. The van der Waals surface area contributed by atoms with Crippen LogP contribution in [-0.2, 0) is 23.7 Å². The van der Waals surface area contributed by atoms with Crippen molar-refractivity contribution in [1.82, 2.24) is 15.2 Å². The fourth-order valence-electron chi connectivity index (χ4n) is 3.90. The summed E-state index contributed by atoms with van der Waals surface area (Å²) >= 11 is 6.10. The number of nitrogens with zero attached hydrogens (tertiary/aromatic N) is 3. The number of aromatic nitrogens is 3. The minimum absolute atomic E-state index is 0.296. The van der Waals surface area contributed by atoms with E-state index >= 15 is 0 Å². The Hall–Kier alpha value is -1.49. The van der Waals surface area contributed by atoms with Crippen LogP contribution in [-0.4, -0.2) is 64.0 Å². The molecule has 1 aromatic heterocycles. The molecule has 0 spiro atoms. The molecule has 0 bridgehead atoms. The van der Waals surface area contributed by atoms with Gasteiger partial charge in [0.1, 0.15) is 29.3 Å². The molecule has 0 N–H and O–H groups in total. The minimum Gasteiger partial charge on any atom is -0.360 e. The van der Waals surface area contributed by atoms with Crippen molar-refractivity contribution >= 4 is 22.6 Å². The normalized spacial score (nSPS) is 36.1. The van der Waals surface area contributed by atoms with Crippen LogP contribution < -0.4 is 4.84 Å². The van der Waals surface area contributed by atoms with E-state index in [0.717, 1.165) is 0 Å². The molecule has 152 valence electrons. The Morgan fingerprint density at radius 1 is 1.07 bits per heavy atom. The van der Waals surface area contributed by atoms with E-state index in [1.807, 2.05) is 27.7 Å². The Morgan fingerprint density at radius 2 is 1.86 bits per heavy atom. The first-order chi connectivity index (χ1) is 13.2. The molecule has 5 rings (SSSR count). The lowest BCUT2D eigenvalue weighted by atomic mass is 10.1. The highest BCUT2D eigenvalue weighted by Crippen LogP contribution is 2.42. The maximum atomic E-state index is 6.15. The van der Waals surface area contributed by atoms with Gasteiger partial charge in [0, 0.05) is 5.02 Å². The van der Waals surface area contributed by atoms with Gasteiger partial charge in [-0.3, -0.25) is 0 Å². The van der Waals surface area contributed by atoms with Crippen LogP contribution in [0.5, 0.6) is 0 Å². The summed E-state index contributed by atoms with van der Waals surface area (Å²) in [5.41, 5.74) is 1.30. The van der Waals surface area contributed by atoms with Crippen LogP contribution in [0.15, 0.2) is 18.2 Å². The molecule has 0 aliphatic carbocycles. The molecular formula is C18H22ClN3O6. The summed E-state index contributed by atoms with van der Waals surface area (Å²) < 4.78 is 30.0. The lowest BCUT2D eigenvalue weighted by Crippen LogP contribution is -2.40. The van der Waals surface area contributed by atoms with Gasteiger partial charge in [0.2, 0.25) is 0 Å². The van der Waals surface area contributed by atoms with E-state index in [4.69, 9.17) is 40.1 Å². The number of hydrogen-bond donors (Lipinski definition) is 0. The third-order valence-electron chi connectivity index (χ3n) is 5.02. The third kappa shape index (κ3) is 3.16. The number of ether oxygens (including phenoxy) is 5. The summed E-state index contributed by atoms with van der Waals surface area (Å²) in [6, 6.07) is 5.25. The van der Waals surface area contributed by atoms with E-state index in [1.165, 1.54) is 4.85 Å². The minimum atomic E-state index is -0.762. The fourth-order valence-corrected chi connectivity index (χ4v) is 4.07. The summed E-state index contributed by atoms with van der Waals surface area (Å²) in [6.45, 7) is 7.86. The lowest BCUT2D eigenvalue weighted by molar-refractivity contribution is -0.249. The zero-order chi connectivity index (χ0) is 19.7. The Bertz CT molecular complexity index is 903. The van der Waals surface area contributed by atoms with Crippen molar-refractivity contribution in [3.63, 3.8) is 0 Å². The summed E-state index contributed by atoms with van der Waals surface area (Å²) in [6.07, 6.45) is -2.27. The topological polar surface area (TPSA) is 86.1 Å². The predicted molar refractivity (Wildman–Crippen MR) is 96.5 cm³/mol. The quantitative estimate of drug-likeness (QED) is 0.757. The highest BCUT2D eigenvalue weighted by atomic mass is 35.5. The Balaban J connectivity index is 1.42. The second-order valence-electron chi connectivity index (χ2n) is 8.10. The first kappa shape index (κ1) is 18.5. The number of rotatable bonds is 3. The van der Waals surface area contributed by atoms with E-state index in [0.29, 0.717) is 22.7 Å². The zero-order valence-corrected chi connectivity index (χ0v) is 16.8. The van der Waals surface area contributed by atoms with Crippen molar-refractivity contribution in [2.75, 3.05) is 6.61 Å². The van der Waals surface area contributed by atoms with Gasteiger partial charge in [0.05, 0.1) is 6.61 Å². The molecule has 3 aliphatic heterocycles.